The number of pyridine rings is 1. The summed E-state index contributed by atoms with van der Waals surface area (Å²) in [7, 11) is -3.86. The van der Waals surface area contributed by atoms with Crippen molar-refractivity contribution in [3.63, 3.8) is 0 Å². The van der Waals surface area contributed by atoms with Crippen LogP contribution in [0.4, 0.5) is 10.1 Å². The number of aromatic amines is 1. The number of nitrogens with one attached hydrogen (secondary N) is 2. The van der Waals surface area contributed by atoms with Crippen molar-refractivity contribution in [2.75, 3.05) is 17.8 Å². The molecule has 1 aliphatic heterocycles. The molecule has 1 saturated heterocycles. The average Bonchev–Trinajstić information content (AvgIpc) is 3.32. The van der Waals surface area contributed by atoms with Gasteiger partial charge in [0.25, 0.3) is 0 Å². The molecule has 0 atom stereocenters. The fourth-order valence-corrected chi connectivity index (χ4v) is 4.66. The fraction of sp³-hybridized carbons (Fsp3) is 0.263. The van der Waals surface area contributed by atoms with E-state index < -0.39 is 21.8 Å². The van der Waals surface area contributed by atoms with Gasteiger partial charge in [-0.1, -0.05) is 6.07 Å². The highest BCUT2D eigenvalue weighted by molar-refractivity contribution is 7.90. The van der Waals surface area contributed by atoms with Crippen molar-refractivity contribution in [2.45, 2.75) is 19.8 Å². The molecule has 9 heteroatoms. The highest BCUT2D eigenvalue weighted by atomic mass is 32.2. The number of rotatable bonds is 5. The zero-order valence-corrected chi connectivity index (χ0v) is 16.0. The smallest absolute Gasteiger partial charge is 0.301 e. The van der Waals surface area contributed by atoms with Crippen molar-refractivity contribution in [1.29, 1.82) is 0 Å². The Morgan fingerprint density at radius 3 is 2.75 bits per heavy atom. The molecule has 0 amide bonds. The predicted octanol–water partition coefficient (Wildman–Crippen LogP) is 2.99. The SMILES string of the molecule is Cc1cnc2[nH]cc(C(=O)c3cccc(NS(=O)(=O)N4CCCC4)c3F)c2c1. The number of hydrogen-bond acceptors (Lipinski definition) is 4. The number of carbonyl (C=O) groups excluding carboxylic acids is 1. The summed E-state index contributed by atoms with van der Waals surface area (Å²) in [5.74, 6) is -1.44. The minimum Gasteiger partial charge on any atom is -0.345 e. The first-order valence-electron chi connectivity index (χ1n) is 8.91. The summed E-state index contributed by atoms with van der Waals surface area (Å²) in [6.45, 7) is 2.65. The van der Waals surface area contributed by atoms with Crippen molar-refractivity contribution in [3.8, 4) is 0 Å². The van der Waals surface area contributed by atoms with E-state index in [0.717, 1.165) is 18.4 Å². The molecule has 3 heterocycles. The van der Waals surface area contributed by atoms with E-state index in [1.54, 1.807) is 12.3 Å². The van der Waals surface area contributed by atoms with Crippen LogP contribution < -0.4 is 4.72 Å². The van der Waals surface area contributed by atoms with Gasteiger partial charge in [-0.3, -0.25) is 9.52 Å². The Morgan fingerprint density at radius 1 is 1.25 bits per heavy atom. The number of H-pyrrole nitrogens is 1. The van der Waals surface area contributed by atoms with Crippen molar-refractivity contribution in [1.82, 2.24) is 14.3 Å². The molecule has 0 radical (unpaired) electrons. The quantitative estimate of drug-likeness (QED) is 0.642. The van der Waals surface area contributed by atoms with Gasteiger partial charge >= 0.3 is 10.2 Å². The van der Waals surface area contributed by atoms with Crippen molar-refractivity contribution in [3.05, 3.63) is 59.2 Å². The molecule has 0 unspecified atom stereocenters. The summed E-state index contributed by atoms with van der Waals surface area (Å²) in [6, 6.07) is 5.90. The summed E-state index contributed by atoms with van der Waals surface area (Å²) in [5, 5.41) is 0.590. The number of anilines is 1. The highest BCUT2D eigenvalue weighted by Crippen LogP contribution is 2.26. The van der Waals surface area contributed by atoms with Crippen LogP contribution in [0.25, 0.3) is 11.0 Å². The van der Waals surface area contributed by atoms with E-state index in [4.69, 9.17) is 0 Å². The Hall–Kier alpha value is -2.78. The van der Waals surface area contributed by atoms with Gasteiger partial charge in [0.15, 0.2) is 11.6 Å². The molecule has 146 valence electrons. The second-order valence-corrected chi connectivity index (χ2v) is 8.49. The summed E-state index contributed by atoms with van der Waals surface area (Å²) in [5.41, 5.74) is 1.23. The lowest BCUT2D eigenvalue weighted by atomic mass is 10.0. The lowest BCUT2D eigenvalue weighted by molar-refractivity contribution is 0.103. The number of hydrogen-bond donors (Lipinski definition) is 2. The number of ketones is 1. The standard InChI is InChI=1S/C19H19FN4O3S/c1-12-9-14-15(11-22-19(14)21-10-12)18(25)13-5-4-6-16(17(13)20)23-28(26,27)24-7-2-3-8-24/h4-6,9-11,23H,2-3,7-8H2,1H3,(H,21,22). The van der Waals surface area contributed by atoms with Gasteiger partial charge in [-0.05, 0) is 43.5 Å². The molecule has 2 aromatic heterocycles. The fourth-order valence-electron chi connectivity index (χ4n) is 3.36. The molecule has 4 rings (SSSR count). The maximum Gasteiger partial charge on any atom is 0.301 e. The zero-order valence-electron chi connectivity index (χ0n) is 15.2. The molecule has 0 saturated carbocycles. The molecule has 0 spiro atoms. The van der Waals surface area contributed by atoms with E-state index in [9.17, 15) is 13.2 Å². The highest BCUT2D eigenvalue weighted by Gasteiger charge is 2.27. The summed E-state index contributed by atoms with van der Waals surface area (Å²) >= 11 is 0. The van der Waals surface area contributed by atoms with Gasteiger partial charge in [-0.2, -0.15) is 12.7 Å². The van der Waals surface area contributed by atoms with Gasteiger partial charge in [-0.15, -0.1) is 0 Å². The topological polar surface area (TPSA) is 95.2 Å². The molecule has 1 aromatic carbocycles. The van der Waals surface area contributed by atoms with E-state index in [1.807, 2.05) is 6.92 Å². The molecule has 2 N–H and O–H groups in total. The molecular formula is C19H19FN4O3S. The Labute approximate surface area is 161 Å². The van der Waals surface area contributed by atoms with E-state index in [0.29, 0.717) is 24.1 Å². The first kappa shape index (κ1) is 18.6. The second-order valence-electron chi connectivity index (χ2n) is 6.82. The van der Waals surface area contributed by atoms with Gasteiger partial charge in [0.1, 0.15) is 5.65 Å². The minimum atomic E-state index is -3.86. The van der Waals surface area contributed by atoms with Crippen LogP contribution in [-0.4, -0.2) is 41.6 Å². The van der Waals surface area contributed by atoms with E-state index >= 15 is 4.39 Å². The van der Waals surface area contributed by atoms with Gasteiger partial charge in [0, 0.05) is 36.4 Å². The van der Waals surface area contributed by atoms with Crippen LogP contribution in [0.2, 0.25) is 0 Å². The first-order chi connectivity index (χ1) is 13.4. The summed E-state index contributed by atoms with van der Waals surface area (Å²) in [4.78, 5) is 20.1. The first-order valence-corrected chi connectivity index (χ1v) is 10.4. The van der Waals surface area contributed by atoms with Crippen LogP contribution in [0.3, 0.4) is 0 Å². The number of benzene rings is 1. The Kier molecular flexibility index (Phi) is 4.64. The van der Waals surface area contributed by atoms with Crippen molar-refractivity contribution in [2.24, 2.45) is 0 Å². The summed E-state index contributed by atoms with van der Waals surface area (Å²) < 4.78 is 43.4. The average molecular weight is 402 g/mol. The van der Waals surface area contributed by atoms with Crippen LogP contribution >= 0.6 is 0 Å². The van der Waals surface area contributed by atoms with Crippen LogP contribution in [-0.2, 0) is 10.2 Å². The number of halogens is 1. The third-order valence-electron chi connectivity index (χ3n) is 4.80. The second kappa shape index (κ2) is 6.99. The predicted molar refractivity (Wildman–Crippen MR) is 104 cm³/mol. The third-order valence-corrected chi connectivity index (χ3v) is 6.32. The molecule has 1 aliphatic rings. The zero-order chi connectivity index (χ0) is 19.9. The Bertz CT molecular complexity index is 1170. The van der Waals surface area contributed by atoms with E-state index in [1.165, 1.54) is 28.7 Å². The van der Waals surface area contributed by atoms with Gasteiger partial charge in [-0.25, -0.2) is 9.37 Å². The number of nitrogens with zero attached hydrogens (tertiary/aromatic N) is 2. The largest absolute Gasteiger partial charge is 0.345 e. The van der Waals surface area contributed by atoms with Gasteiger partial charge in [0.2, 0.25) is 0 Å². The van der Waals surface area contributed by atoms with Crippen LogP contribution in [0.15, 0.2) is 36.7 Å². The molecule has 0 bridgehead atoms. The monoisotopic (exact) mass is 402 g/mol. The van der Waals surface area contributed by atoms with Crippen LogP contribution in [0.5, 0.6) is 0 Å². The number of aromatic nitrogens is 2. The number of carbonyl (C=O) groups is 1. The van der Waals surface area contributed by atoms with Crippen molar-refractivity contribution < 1.29 is 17.6 Å². The maximum atomic E-state index is 15.0. The maximum absolute atomic E-state index is 15.0. The van der Waals surface area contributed by atoms with Crippen LogP contribution in [0, 0.1) is 12.7 Å². The Balaban J connectivity index is 1.70. The molecular weight excluding hydrogens is 383 g/mol. The molecule has 3 aromatic rings. The molecule has 7 nitrogen and oxygen atoms in total. The number of aryl methyl sites for hydroxylation is 1. The van der Waals surface area contributed by atoms with E-state index in [-0.39, 0.29) is 16.8 Å². The van der Waals surface area contributed by atoms with Crippen molar-refractivity contribution >= 4 is 32.7 Å². The minimum absolute atomic E-state index is 0.205. The normalized spacial score (nSPS) is 15.2. The molecule has 0 aliphatic carbocycles. The number of fused-ring (bicyclic) bond motifs is 1. The van der Waals surface area contributed by atoms with Crippen LogP contribution in [0.1, 0.15) is 34.3 Å². The molecule has 28 heavy (non-hydrogen) atoms. The molecule has 1 fully saturated rings. The third kappa shape index (κ3) is 3.27. The summed E-state index contributed by atoms with van der Waals surface area (Å²) in [6.07, 6.45) is 4.70. The lowest BCUT2D eigenvalue weighted by Crippen LogP contribution is -2.33. The lowest BCUT2D eigenvalue weighted by Gasteiger charge is -2.17. The Morgan fingerprint density at radius 2 is 2.00 bits per heavy atom. The van der Waals surface area contributed by atoms with Gasteiger partial charge < -0.3 is 4.98 Å². The van der Waals surface area contributed by atoms with Gasteiger partial charge in [0.05, 0.1) is 11.3 Å². The van der Waals surface area contributed by atoms with E-state index in [2.05, 4.69) is 14.7 Å².